The zero-order chi connectivity index (χ0) is 23.6. The maximum Gasteiger partial charge on any atom is 0.413 e. The number of hydrogen-bond acceptors (Lipinski definition) is 6. The van der Waals surface area contributed by atoms with E-state index in [-0.39, 0.29) is 29.2 Å². The first-order valence-corrected chi connectivity index (χ1v) is 12.5. The van der Waals surface area contributed by atoms with Crippen LogP contribution in [0.15, 0.2) is 24.8 Å². The molecule has 1 aromatic carbocycles. The molecule has 1 aromatic rings. The van der Waals surface area contributed by atoms with Gasteiger partial charge in [-0.05, 0) is 56.2 Å². The number of nitrogens with zero attached hydrogens (tertiary/aromatic N) is 2. The molecular weight excluding hydrogens is 492 g/mol. The van der Waals surface area contributed by atoms with Crippen molar-refractivity contribution in [1.82, 2.24) is 4.90 Å². The average Bonchev–Trinajstić information content (AvgIpc) is 3.47. The second-order valence-corrected chi connectivity index (χ2v) is 9.74. The van der Waals surface area contributed by atoms with E-state index in [4.69, 9.17) is 14.2 Å². The molecule has 180 valence electrons. The molecule has 2 atom stereocenters. The predicted octanol–water partition coefficient (Wildman–Crippen LogP) is 3.46. The fraction of sp³-hybridized carbons (Fsp3) is 0.583. The van der Waals surface area contributed by atoms with Crippen LogP contribution in [0.3, 0.4) is 0 Å². The molecule has 0 radical (unpaired) electrons. The number of carbonyl (C=O) groups excluding carboxylic acids is 2. The molecule has 1 saturated heterocycles. The molecule has 2 aliphatic heterocycles. The topological polar surface area (TPSA) is 91.4 Å². The normalized spacial score (nSPS) is 22.5. The Hall–Kier alpha value is -2.26. The highest BCUT2D eigenvalue weighted by molar-refractivity contribution is 9.09. The zero-order valence-electron chi connectivity index (χ0n) is 18.9. The van der Waals surface area contributed by atoms with Gasteiger partial charge in [0, 0.05) is 24.0 Å². The summed E-state index contributed by atoms with van der Waals surface area (Å²) in [5.41, 5.74) is 0.457. The number of fused-ring (bicyclic) bond motifs is 2. The molecule has 33 heavy (non-hydrogen) atoms. The Balaban J connectivity index is 1.71. The van der Waals surface area contributed by atoms with Gasteiger partial charge < -0.3 is 24.2 Å². The van der Waals surface area contributed by atoms with Crippen LogP contribution in [-0.2, 0) is 4.74 Å². The largest absolute Gasteiger partial charge is 0.834 e. The van der Waals surface area contributed by atoms with Gasteiger partial charge in [-0.3, -0.25) is 9.69 Å². The maximum absolute atomic E-state index is 13.7. The summed E-state index contributed by atoms with van der Waals surface area (Å²) in [5.74, 6) is 0.515. The summed E-state index contributed by atoms with van der Waals surface area (Å²) >= 11 is 3.42. The molecule has 2 amide bonds. The van der Waals surface area contributed by atoms with Crippen molar-refractivity contribution in [3.63, 3.8) is 0 Å². The quantitative estimate of drug-likeness (QED) is 0.280. The standard InChI is InChI=1S/C24H30BrN2O6/c1-3-10-33-23(30)27-17-13-20(32-11-6-4-5-9-25)19(31-2)12-16(17)21(28)26-15-24(7-8-24)14-18(26)22(27)29/h3,12-13,18,22H,1,4-11,14-15H2,2H3/q-1/t18-,22?/m0/s1. The van der Waals surface area contributed by atoms with Gasteiger partial charge in [0.15, 0.2) is 11.5 Å². The Morgan fingerprint density at radius 1 is 1.30 bits per heavy atom. The number of methoxy groups -OCH3 is 1. The summed E-state index contributed by atoms with van der Waals surface area (Å²) in [7, 11) is 1.50. The molecule has 9 heteroatoms. The molecule has 0 aromatic heterocycles. The molecule has 0 N–H and O–H groups in total. The van der Waals surface area contributed by atoms with Crippen molar-refractivity contribution in [2.75, 3.05) is 37.1 Å². The number of unbranched alkanes of at least 4 members (excludes halogenated alkanes) is 2. The molecule has 8 nitrogen and oxygen atoms in total. The number of ether oxygens (including phenoxy) is 3. The van der Waals surface area contributed by atoms with E-state index in [1.54, 1.807) is 17.0 Å². The van der Waals surface area contributed by atoms with E-state index in [9.17, 15) is 14.7 Å². The number of alkyl halides is 1. The van der Waals surface area contributed by atoms with Crippen molar-refractivity contribution in [2.24, 2.45) is 5.41 Å². The summed E-state index contributed by atoms with van der Waals surface area (Å²) in [6, 6.07) is 2.53. The minimum absolute atomic E-state index is 0.0133. The van der Waals surface area contributed by atoms with E-state index in [0.717, 1.165) is 42.3 Å². The third-order valence-corrected chi connectivity index (χ3v) is 7.24. The van der Waals surface area contributed by atoms with Crippen LogP contribution in [0, 0.1) is 5.41 Å². The van der Waals surface area contributed by atoms with Crippen LogP contribution in [0.25, 0.3) is 0 Å². The third kappa shape index (κ3) is 4.71. The number of benzene rings is 1. The van der Waals surface area contributed by atoms with Gasteiger partial charge in [-0.25, -0.2) is 4.79 Å². The molecule has 1 spiro atoms. The molecule has 1 unspecified atom stereocenters. The second-order valence-electron chi connectivity index (χ2n) is 8.95. The number of halogens is 1. The van der Waals surface area contributed by atoms with Crippen molar-refractivity contribution < 1.29 is 28.9 Å². The van der Waals surface area contributed by atoms with E-state index in [0.29, 0.717) is 31.1 Å². The van der Waals surface area contributed by atoms with Gasteiger partial charge in [0.1, 0.15) is 6.61 Å². The van der Waals surface area contributed by atoms with Crippen molar-refractivity contribution in [3.8, 4) is 11.5 Å². The summed E-state index contributed by atoms with van der Waals surface area (Å²) in [6.07, 6.45) is 4.65. The van der Waals surface area contributed by atoms with Crippen molar-refractivity contribution in [1.29, 1.82) is 0 Å². The number of amides is 2. The Bertz CT molecular complexity index is 918. The number of anilines is 1. The lowest BCUT2D eigenvalue weighted by Gasteiger charge is -2.40. The van der Waals surface area contributed by atoms with Crippen LogP contribution in [0.2, 0.25) is 0 Å². The van der Waals surface area contributed by atoms with Crippen LogP contribution in [0.4, 0.5) is 10.5 Å². The first kappa shape index (κ1) is 23.9. The van der Waals surface area contributed by atoms with Gasteiger partial charge in [0.2, 0.25) is 0 Å². The number of rotatable bonds is 9. The van der Waals surface area contributed by atoms with Gasteiger partial charge >= 0.3 is 6.09 Å². The minimum atomic E-state index is -1.48. The first-order valence-electron chi connectivity index (χ1n) is 11.4. The van der Waals surface area contributed by atoms with Crippen LogP contribution in [-0.4, -0.2) is 61.4 Å². The fourth-order valence-corrected chi connectivity index (χ4v) is 5.12. The van der Waals surface area contributed by atoms with Gasteiger partial charge in [-0.15, -0.1) is 0 Å². The van der Waals surface area contributed by atoms with Crippen LogP contribution in [0.5, 0.6) is 11.5 Å². The molecule has 2 heterocycles. The van der Waals surface area contributed by atoms with Crippen molar-refractivity contribution in [3.05, 3.63) is 30.4 Å². The summed E-state index contributed by atoms with van der Waals surface area (Å²) < 4.78 is 16.7. The minimum Gasteiger partial charge on any atom is -0.834 e. The molecule has 4 rings (SSSR count). The van der Waals surface area contributed by atoms with Crippen molar-refractivity contribution in [2.45, 2.75) is 50.8 Å². The Morgan fingerprint density at radius 3 is 2.76 bits per heavy atom. The smallest absolute Gasteiger partial charge is 0.413 e. The van der Waals surface area contributed by atoms with Gasteiger partial charge in [0.05, 0.1) is 25.0 Å². The summed E-state index contributed by atoms with van der Waals surface area (Å²) in [6.45, 7) is 4.53. The molecule has 1 saturated carbocycles. The summed E-state index contributed by atoms with van der Waals surface area (Å²) in [5, 5.41) is 14.6. The lowest BCUT2D eigenvalue weighted by molar-refractivity contribution is -0.426. The Labute approximate surface area is 202 Å². The molecule has 0 bridgehead atoms. The highest BCUT2D eigenvalue weighted by atomic mass is 79.9. The number of hydrogen-bond donors (Lipinski definition) is 0. The highest BCUT2D eigenvalue weighted by Gasteiger charge is 2.56. The van der Waals surface area contributed by atoms with E-state index in [1.165, 1.54) is 13.2 Å². The van der Waals surface area contributed by atoms with E-state index in [1.807, 2.05) is 0 Å². The van der Waals surface area contributed by atoms with Crippen molar-refractivity contribution >= 4 is 33.6 Å². The van der Waals surface area contributed by atoms with E-state index >= 15 is 0 Å². The SMILES string of the molecule is C=CCOC(=O)N1c2cc(OCCCCCBr)c(OC)cc2C(=O)N2CC3(CC3)C[C@H]2C1[O-]. The fourth-order valence-electron chi connectivity index (χ4n) is 4.73. The average molecular weight is 522 g/mol. The van der Waals surface area contributed by atoms with Crippen LogP contribution < -0.4 is 19.5 Å². The molecule has 1 aliphatic carbocycles. The van der Waals surface area contributed by atoms with Gasteiger partial charge in [-0.1, -0.05) is 28.6 Å². The molecular formula is C24H30BrN2O6-. The Morgan fingerprint density at radius 2 is 2.09 bits per heavy atom. The van der Waals surface area contributed by atoms with Crippen LogP contribution in [0.1, 0.15) is 48.9 Å². The highest BCUT2D eigenvalue weighted by Crippen LogP contribution is 2.56. The van der Waals surface area contributed by atoms with Gasteiger partial charge in [0.25, 0.3) is 5.91 Å². The third-order valence-electron chi connectivity index (χ3n) is 6.68. The predicted molar refractivity (Wildman–Crippen MR) is 125 cm³/mol. The van der Waals surface area contributed by atoms with Crippen LogP contribution >= 0.6 is 15.9 Å². The first-order chi connectivity index (χ1) is 15.9. The number of carbonyl (C=O) groups is 2. The monoisotopic (exact) mass is 521 g/mol. The maximum atomic E-state index is 13.7. The molecule has 2 fully saturated rings. The summed E-state index contributed by atoms with van der Waals surface area (Å²) in [4.78, 5) is 29.3. The lowest BCUT2D eigenvalue weighted by atomic mass is 10.0. The van der Waals surface area contributed by atoms with Gasteiger partial charge in [-0.2, -0.15) is 0 Å². The lowest BCUT2D eigenvalue weighted by Crippen LogP contribution is -2.58. The van der Waals surface area contributed by atoms with E-state index in [2.05, 4.69) is 22.5 Å². The molecule has 3 aliphatic rings. The van der Waals surface area contributed by atoms with E-state index < -0.39 is 18.4 Å². The zero-order valence-corrected chi connectivity index (χ0v) is 20.5. The second kappa shape index (κ2) is 9.93. The Kier molecular flexibility index (Phi) is 7.19.